The Balaban J connectivity index is 2.04. The zero-order valence-electron chi connectivity index (χ0n) is 9.91. The summed E-state index contributed by atoms with van der Waals surface area (Å²) >= 11 is 0. The molecule has 94 valence electrons. The molecule has 0 aliphatic heterocycles. The molecule has 18 heavy (non-hydrogen) atoms. The molecule has 0 aliphatic carbocycles. The fourth-order valence-electron chi connectivity index (χ4n) is 1.42. The maximum Gasteiger partial charge on any atom is 0.318 e. The van der Waals surface area contributed by atoms with Crippen LogP contribution in [0.2, 0.25) is 0 Å². The van der Waals surface area contributed by atoms with Gasteiger partial charge in [0.25, 0.3) is 0 Å². The molecule has 0 amide bonds. The topological polar surface area (TPSA) is 58.9 Å². The third-order valence-corrected chi connectivity index (χ3v) is 2.11. The Bertz CT molecular complexity index is 485. The minimum atomic E-state index is -2.18. The van der Waals surface area contributed by atoms with Crippen molar-refractivity contribution in [2.45, 2.75) is 12.9 Å². The summed E-state index contributed by atoms with van der Waals surface area (Å²) in [4.78, 5) is 0. The first-order valence-corrected chi connectivity index (χ1v) is 5.50. The normalized spacial score (nSPS) is 11.1. The quantitative estimate of drug-likeness (QED) is 0.814. The Kier molecular flexibility index (Phi) is 3.50. The van der Waals surface area contributed by atoms with Crippen molar-refractivity contribution in [3.63, 3.8) is 0 Å². The minimum absolute atomic E-state index is 0.350. The molecule has 0 spiro atoms. The van der Waals surface area contributed by atoms with Crippen LogP contribution in [0.1, 0.15) is 6.92 Å². The molecule has 0 aliphatic rings. The summed E-state index contributed by atoms with van der Waals surface area (Å²) in [6.07, 6.45) is 0. The first-order valence-electron chi connectivity index (χ1n) is 5.50. The van der Waals surface area contributed by atoms with Crippen LogP contribution in [0.3, 0.4) is 0 Å². The van der Waals surface area contributed by atoms with Crippen molar-refractivity contribution >= 4 is 0 Å². The van der Waals surface area contributed by atoms with Gasteiger partial charge in [-0.1, -0.05) is 18.2 Å². The van der Waals surface area contributed by atoms with E-state index in [9.17, 15) is 0 Å². The maximum atomic E-state index is 9.08. The fourth-order valence-corrected chi connectivity index (χ4v) is 1.42. The monoisotopic (exact) mass is 246 g/mol. The lowest BCUT2D eigenvalue weighted by atomic mass is 10.3. The standard InChI is InChI=1S/C14H14O4/c1-14(15,16)18-13-9-7-12(8-10-13)17-11-5-3-2-4-6-11/h2-10,15-16H,1H3. The number of hydrogen-bond acceptors (Lipinski definition) is 4. The summed E-state index contributed by atoms with van der Waals surface area (Å²) in [6.45, 7) is 1.14. The Morgan fingerprint density at radius 1 is 0.778 bits per heavy atom. The van der Waals surface area contributed by atoms with Crippen LogP contribution in [-0.2, 0) is 0 Å². The van der Waals surface area contributed by atoms with Crippen LogP contribution in [0.15, 0.2) is 54.6 Å². The number of rotatable bonds is 4. The minimum Gasteiger partial charge on any atom is -0.457 e. The molecule has 2 aromatic rings. The van der Waals surface area contributed by atoms with Gasteiger partial charge in [-0.25, -0.2) is 0 Å². The summed E-state index contributed by atoms with van der Waals surface area (Å²) in [6, 6.07) is 16.0. The molecule has 0 heterocycles. The summed E-state index contributed by atoms with van der Waals surface area (Å²) in [7, 11) is 0. The molecule has 2 aromatic carbocycles. The second-order valence-electron chi connectivity index (χ2n) is 3.92. The molecule has 0 bridgehead atoms. The highest BCUT2D eigenvalue weighted by Crippen LogP contribution is 2.24. The summed E-state index contributed by atoms with van der Waals surface area (Å²) < 4.78 is 10.4. The molecule has 0 unspecified atom stereocenters. The second kappa shape index (κ2) is 5.08. The van der Waals surface area contributed by atoms with E-state index in [1.54, 1.807) is 24.3 Å². The molecule has 0 atom stereocenters. The molecule has 4 heteroatoms. The molecular formula is C14H14O4. The smallest absolute Gasteiger partial charge is 0.318 e. The number of aliphatic hydroxyl groups is 2. The molecular weight excluding hydrogens is 232 g/mol. The third-order valence-electron chi connectivity index (χ3n) is 2.11. The summed E-state index contributed by atoms with van der Waals surface area (Å²) in [5.74, 6) is -0.448. The predicted octanol–water partition coefficient (Wildman–Crippen LogP) is 2.52. The zero-order valence-corrected chi connectivity index (χ0v) is 9.91. The van der Waals surface area contributed by atoms with Gasteiger partial charge < -0.3 is 19.7 Å². The van der Waals surface area contributed by atoms with Crippen molar-refractivity contribution in [3.8, 4) is 17.2 Å². The van der Waals surface area contributed by atoms with Gasteiger partial charge in [-0.05, 0) is 36.4 Å². The Morgan fingerprint density at radius 3 is 1.83 bits per heavy atom. The van der Waals surface area contributed by atoms with Gasteiger partial charge in [0.2, 0.25) is 0 Å². The van der Waals surface area contributed by atoms with Crippen LogP contribution < -0.4 is 9.47 Å². The van der Waals surface area contributed by atoms with Crippen LogP contribution in [0, 0.1) is 0 Å². The van der Waals surface area contributed by atoms with Crippen molar-refractivity contribution in [2.24, 2.45) is 0 Å². The van der Waals surface area contributed by atoms with Gasteiger partial charge in [0, 0.05) is 6.92 Å². The lowest BCUT2D eigenvalue weighted by Crippen LogP contribution is -2.30. The number of para-hydroxylation sites is 1. The highest BCUT2D eigenvalue weighted by molar-refractivity contribution is 5.35. The lowest BCUT2D eigenvalue weighted by molar-refractivity contribution is -0.277. The Morgan fingerprint density at radius 2 is 1.28 bits per heavy atom. The number of ether oxygens (including phenoxy) is 2. The molecule has 2 N–H and O–H groups in total. The van der Waals surface area contributed by atoms with Gasteiger partial charge in [-0.3, -0.25) is 0 Å². The molecule has 4 nitrogen and oxygen atoms in total. The second-order valence-corrected chi connectivity index (χ2v) is 3.92. The molecule has 2 rings (SSSR count). The van der Waals surface area contributed by atoms with E-state index in [1.165, 1.54) is 0 Å². The van der Waals surface area contributed by atoms with Crippen molar-refractivity contribution in [1.29, 1.82) is 0 Å². The van der Waals surface area contributed by atoms with Gasteiger partial charge in [-0.2, -0.15) is 0 Å². The molecule has 0 fully saturated rings. The average Bonchev–Trinajstić information content (AvgIpc) is 2.31. The van der Waals surface area contributed by atoms with Crippen LogP contribution in [-0.4, -0.2) is 16.2 Å². The van der Waals surface area contributed by atoms with Crippen LogP contribution in [0.25, 0.3) is 0 Å². The molecule has 0 saturated heterocycles. The summed E-state index contributed by atoms with van der Waals surface area (Å²) in [5.41, 5.74) is 0. The molecule has 0 aromatic heterocycles. The first kappa shape index (κ1) is 12.4. The first-order chi connectivity index (χ1) is 8.53. The van der Waals surface area contributed by atoms with Crippen molar-refractivity contribution in [1.82, 2.24) is 0 Å². The zero-order chi connectivity index (χ0) is 13.0. The van der Waals surface area contributed by atoms with E-state index in [4.69, 9.17) is 19.7 Å². The molecule has 0 radical (unpaired) electrons. The number of benzene rings is 2. The van der Waals surface area contributed by atoms with E-state index >= 15 is 0 Å². The number of hydrogen-bond donors (Lipinski definition) is 2. The van der Waals surface area contributed by atoms with E-state index in [-0.39, 0.29) is 0 Å². The van der Waals surface area contributed by atoms with Gasteiger partial charge in [-0.15, -0.1) is 0 Å². The van der Waals surface area contributed by atoms with E-state index in [0.29, 0.717) is 11.5 Å². The van der Waals surface area contributed by atoms with Gasteiger partial charge in [0.05, 0.1) is 0 Å². The van der Waals surface area contributed by atoms with Gasteiger partial charge in [0.15, 0.2) is 0 Å². The average molecular weight is 246 g/mol. The van der Waals surface area contributed by atoms with E-state index in [0.717, 1.165) is 12.7 Å². The van der Waals surface area contributed by atoms with Crippen molar-refractivity contribution < 1.29 is 19.7 Å². The SMILES string of the molecule is CC(O)(O)Oc1ccc(Oc2ccccc2)cc1. The van der Waals surface area contributed by atoms with Crippen LogP contribution in [0.5, 0.6) is 17.2 Å². The Hall–Kier alpha value is -2.04. The fraction of sp³-hybridized carbons (Fsp3) is 0.143. The van der Waals surface area contributed by atoms with E-state index in [2.05, 4.69) is 0 Å². The van der Waals surface area contributed by atoms with E-state index < -0.39 is 5.97 Å². The Labute approximate surface area is 105 Å². The predicted molar refractivity (Wildman–Crippen MR) is 66.4 cm³/mol. The third kappa shape index (κ3) is 3.76. The highest BCUT2D eigenvalue weighted by Gasteiger charge is 2.16. The van der Waals surface area contributed by atoms with Gasteiger partial charge >= 0.3 is 5.97 Å². The van der Waals surface area contributed by atoms with Crippen molar-refractivity contribution in [3.05, 3.63) is 54.6 Å². The largest absolute Gasteiger partial charge is 0.457 e. The van der Waals surface area contributed by atoms with Crippen LogP contribution in [0.4, 0.5) is 0 Å². The summed E-state index contributed by atoms with van der Waals surface area (Å²) in [5, 5.41) is 18.2. The molecule has 0 saturated carbocycles. The lowest BCUT2D eigenvalue weighted by Gasteiger charge is -2.17. The van der Waals surface area contributed by atoms with E-state index in [1.807, 2.05) is 30.3 Å². The highest BCUT2D eigenvalue weighted by atomic mass is 16.8. The maximum absolute atomic E-state index is 9.08. The van der Waals surface area contributed by atoms with Crippen LogP contribution >= 0.6 is 0 Å². The van der Waals surface area contributed by atoms with Crippen molar-refractivity contribution in [2.75, 3.05) is 0 Å². The van der Waals surface area contributed by atoms with Gasteiger partial charge in [0.1, 0.15) is 17.2 Å².